The summed E-state index contributed by atoms with van der Waals surface area (Å²) in [6.07, 6.45) is 1.22. The summed E-state index contributed by atoms with van der Waals surface area (Å²) in [5.74, 6) is -0.449. The lowest BCUT2D eigenvalue weighted by molar-refractivity contribution is -0.139. The fraction of sp³-hybridized carbons (Fsp3) is 0.769. The van der Waals surface area contributed by atoms with Crippen molar-refractivity contribution in [2.45, 2.75) is 38.1 Å². The van der Waals surface area contributed by atoms with Gasteiger partial charge in [-0.3, -0.25) is 0 Å². The second kappa shape index (κ2) is 9.03. The summed E-state index contributed by atoms with van der Waals surface area (Å²) in [5, 5.41) is 18.0. The Labute approximate surface area is 113 Å². The van der Waals surface area contributed by atoms with Gasteiger partial charge >= 0.3 is 5.97 Å². The molecule has 2 atom stereocenters. The van der Waals surface area contributed by atoms with Gasteiger partial charge in [-0.05, 0) is 19.3 Å². The molecule has 0 aromatic heterocycles. The molecule has 0 aliphatic carbocycles. The lowest BCUT2D eigenvalue weighted by atomic mass is 10.1. The highest BCUT2D eigenvalue weighted by atomic mass is 16.6. The maximum absolute atomic E-state index is 11.4. The van der Waals surface area contributed by atoms with Crippen LogP contribution in [0.15, 0.2) is 12.2 Å². The third-order valence-electron chi connectivity index (χ3n) is 2.63. The van der Waals surface area contributed by atoms with E-state index >= 15 is 0 Å². The molecule has 1 fully saturated rings. The van der Waals surface area contributed by atoms with Gasteiger partial charge in [0.2, 0.25) is 0 Å². The van der Waals surface area contributed by atoms with E-state index < -0.39 is 12.3 Å². The van der Waals surface area contributed by atoms with Crippen LogP contribution in [-0.2, 0) is 19.0 Å². The lowest BCUT2D eigenvalue weighted by Gasteiger charge is -2.11. The Morgan fingerprint density at radius 3 is 2.84 bits per heavy atom. The number of aliphatic hydroxyl groups is 2. The fourth-order valence-corrected chi connectivity index (χ4v) is 1.39. The molecule has 2 N–H and O–H groups in total. The number of carbonyl (C=O) groups is 1. The minimum absolute atomic E-state index is 0.00596. The standard InChI is InChI=1S/C13H22O6/c1-10(13(16)17-7-3-6-14)4-2-5-12(15)19-9-11-8-18-11/h11-12,14-15H,1-9H2. The highest BCUT2D eigenvalue weighted by Crippen LogP contribution is 2.13. The minimum atomic E-state index is -0.831. The Morgan fingerprint density at radius 2 is 2.21 bits per heavy atom. The van der Waals surface area contributed by atoms with Crippen LogP contribution in [0.2, 0.25) is 0 Å². The zero-order valence-electron chi connectivity index (χ0n) is 11.0. The predicted octanol–water partition coefficient (Wildman–Crippen LogP) is 0.372. The molecule has 19 heavy (non-hydrogen) atoms. The van der Waals surface area contributed by atoms with Gasteiger partial charge in [0.25, 0.3) is 0 Å². The quantitative estimate of drug-likeness (QED) is 0.186. The molecule has 0 radical (unpaired) electrons. The van der Waals surface area contributed by atoms with E-state index in [2.05, 4.69) is 6.58 Å². The van der Waals surface area contributed by atoms with Crippen LogP contribution in [0.4, 0.5) is 0 Å². The van der Waals surface area contributed by atoms with Gasteiger partial charge in [0, 0.05) is 18.6 Å². The molecular weight excluding hydrogens is 252 g/mol. The maximum Gasteiger partial charge on any atom is 0.333 e. The molecule has 2 unspecified atom stereocenters. The van der Waals surface area contributed by atoms with Gasteiger partial charge in [0.15, 0.2) is 6.29 Å². The SMILES string of the molecule is C=C(CCCC(O)OCC1CO1)C(=O)OCCCO. The zero-order valence-corrected chi connectivity index (χ0v) is 11.0. The van der Waals surface area contributed by atoms with Crippen LogP contribution in [0.5, 0.6) is 0 Å². The van der Waals surface area contributed by atoms with Gasteiger partial charge < -0.3 is 24.4 Å². The second-order valence-corrected chi connectivity index (χ2v) is 4.45. The zero-order chi connectivity index (χ0) is 14.1. The number of carbonyl (C=O) groups excluding carboxylic acids is 1. The van der Waals surface area contributed by atoms with Crippen molar-refractivity contribution in [3.63, 3.8) is 0 Å². The van der Waals surface area contributed by atoms with E-state index in [0.717, 1.165) is 0 Å². The van der Waals surface area contributed by atoms with E-state index in [0.29, 0.717) is 44.5 Å². The Hall–Kier alpha value is -0.950. The predicted molar refractivity (Wildman–Crippen MR) is 67.4 cm³/mol. The molecule has 0 aromatic carbocycles. The molecule has 6 heteroatoms. The number of ether oxygens (including phenoxy) is 3. The largest absolute Gasteiger partial charge is 0.462 e. The molecule has 0 aromatic rings. The van der Waals surface area contributed by atoms with E-state index in [1.807, 2.05) is 0 Å². The monoisotopic (exact) mass is 274 g/mol. The third-order valence-corrected chi connectivity index (χ3v) is 2.63. The number of esters is 1. The van der Waals surface area contributed by atoms with Crippen molar-refractivity contribution in [2.75, 3.05) is 26.4 Å². The smallest absolute Gasteiger partial charge is 0.333 e. The maximum atomic E-state index is 11.4. The summed E-state index contributed by atoms with van der Waals surface area (Å²) >= 11 is 0. The van der Waals surface area contributed by atoms with Gasteiger partial charge in [0.1, 0.15) is 6.10 Å². The molecule has 1 aliphatic heterocycles. The lowest BCUT2D eigenvalue weighted by Crippen LogP contribution is -2.16. The normalized spacial score (nSPS) is 18.9. The van der Waals surface area contributed by atoms with Crippen LogP contribution >= 0.6 is 0 Å². The van der Waals surface area contributed by atoms with Crippen molar-refractivity contribution >= 4 is 5.97 Å². The summed E-state index contributed by atoms with van der Waals surface area (Å²) < 4.78 is 15.0. The van der Waals surface area contributed by atoms with Crippen LogP contribution < -0.4 is 0 Å². The number of epoxide rings is 1. The summed E-state index contributed by atoms with van der Waals surface area (Å²) in [6.45, 7) is 4.93. The van der Waals surface area contributed by atoms with E-state index in [-0.39, 0.29) is 19.3 Å². The Balaban J connectivity index is 1.99. The average Bonchev–Trinajstić information content (AvgIpc) is 3.20. The number of rotatable bonds is 11. The van der Waals surface area contributed by atoms with Gasteiger partial charge in [-0.25, -0.2) is 4.79 Å². The first kappa shape index (κ1) is 16.1. The van der Waals surface area contributed by atoms with Crippen molar-refractivity contribution in [2.24, 2.45) is 0 Å². The summed E-state index contributed by atoms with van der Waals surface area (Å²) in [7, 11) is 0. The van der Waals surface area contributed by atoms with E-state index in [9.17, 15) is 9.90 Å². The molecule has 0 amide bonds. The summed E-state index contributed by atoms with van der Waals surface area (Å²) in [4.78, 5) is 11.4. The van der Waals surface area contributed by atoms with Crippen molar-refractivity contribution in [1.82, 2.24) is 0 Å². The van der Waals surface area contributed by atoms with Crippen LogP contribution in [-0.4, -0.2) is 55.0 Å². The third kappa shape index (κ3) is 7.94. The van der Waals surface area contributed by atoms with E-state index in [1.54, 1.807) is 0 Å². The molecule has 0 bridgehead atoms. The van der Waals surface area contributed by atoms with Crippen LogP contribution in [0.3, 0.4) is 0 Å². The van der Waals surface area contributed by atoms with Crippen molar-refractivity contribution in [3.05, 3.63) is 12.2 Å². The summed E-state index contributed by atoms with van der Waals surface area (Å²) in [5.41, 5.74) is 0.371. The van der Waals surface area contributed by atoms with Crippen LogP contribution in [0, 0.1) is 0 Å². The molecule has 1 heterocycles. The molecule has 0 spiro atoms. The first-order valence-corrected chi connectivity index (χ1v) is 6.50. The Bertz CT molecular complexity index is 287. The van der Waals surface area contributed by atoms with Crippen LogP contribution in [0.25, 0.3) is 0 Å². The molecule has 1 rings (SSSR count). The number of hydrogen-bond acceptors (Lipinski definition) is 6. The van der Waals surface area contributed by atoms with Gasteiger partial charge in [0.05, 0.1) is 19.8 Å². The molecule has 6 nitrogen and oxygen atoms in total. The highest BCUT2D eigenvalue weighted by Gasteiger charge is 2.23. The number of aliphatic hydroxyl groups excluding tert-OH is 2. The molecular formula is C13H22O6. The fourth-order valence-electron chi connectivity index (χ4n) is 1.39. The summed E-state index contributed by atoms with van der Waals surface area (Å²) in [6, 6.07) is 0. The van der Waals surface area contributed by atoms with Crippen LogP contribution in [0.1, 0.15) is 25.7 Å². The average molecular weight is 274 g/mol. The second-order valence-electron chi connectivity index (χ2n) is 4.45. The number of hydrogen-bond donors (Lipinski definition) is 2. The van der Waals surface area contributed by atoms with Gasteiger partial charge in [-0.2, -0.15) is 0 Å². The molecule has 1 saturated heterocycles. The van der Waals surface area contributed by atoms with E-state index in [1.165, 1.54) is 0 Å². The van der Waals surface area contributed by atoms with Gasteiger partial charge in [-0.15, -0.1) is 0 Å². The first-order valence-electron chi connectivity index (χ1n) is 6.50. The van der Waals surface area contributed by atoms with Gasteiger partial charge in [-0.1, -0.05) is 6.58 Å². The minimum Gasteiger partial charge on any atom is -0.462 e. The Morgan fingerprint density at radius 1 is 1.47 bits per heavy atom. The Kier molecular flexibility index (Phi) is 7.66. The van der Waals surface area contributed by atoms with Crippen molar-refractivity contribution < 1.29 is 29.2 Å². The first-order chi connectivity index (χ1) is 9.13. The topological polar surface area (TPSA) is 88.5 Å². The molecule has 0 saturated carbocycles. The van der Waals surface area contributed by atoms with E-state index in [4.69, 9.17) is 19.3 Å². The molecule has 110 valence electrons. The van der Waals surface area contributed by atoms with Crippen molar-refractivity contribution in [3.8, 4) is 0 Å². The highest BCUT2D eigenvalue weighted by molar-refractivity contribution is 5.87. The van der Waals surface area contributed by atoms with Crippen molar-refractivity contribution in [1.29, 1.82) is 0 Å². The molecule has 1 aliphatic rings.